The lowest BCUT2D eigenvalue weighted by atomic mass is 9.34. The van der Waals surface area contributed by atoms with E-state index in [-0.39, 0.29) is 33.7 Å². The number of allylic oxidation sites excluding steroid dienone is 1. The van der Waals surface area contributed by atoms with Gasteiger partial charge in [-0.3, -0.25) is 4.79 Å². The zero-order valence-corrected chi connectivity index (χ0v) is 23.9. The molecule has 3 nitrogen and oxygen atoms in total. The average molecular weight is 483 g/mol. The van der Waals surface area contributed by atoms with Gasteiger partial charge in [0.1, 0.15) is 6.10 Å². The summed E-state index contributed by atoms with van der Waals surface area (Å²) in [5.41, 5.74) is 3.23. The quantitative estimate of drug-likeness (QED) is 0.218. The molecule has 0 aromatic carbocycles. The number of carbonyl (C=O) groups excluding carboxylic acids is 1. The maximum Gasteiger partial charge on any atom is 0.302 e. The Hall–Kier alpha value is -0.830. The van der Waals surface area contributed by atoms with E-state index in [1.807, 2.05) is 0 Å². The summed E-state index contributed by atoms with van der Waals surface area (Å²) in [6.07, 6.45) is 13.4. The predicted molar refractivity (Wildman–Crippen MR) is 140 cm³/mol. The van der Waals surface area contributed by atoms with E-state index >= 15 is 0 Å². The van der Waals surface area contributed by atoms with E-state index < -0.39 is 0 Å². The van der Waals surface area contributed by atoms with Gasteiger partial charge in [-0.1, -0.05) is 67.0 Å². The van der Waals surface area contributed by atoms with Crippen molar-refractivity contribution in [3.05, 3.63) is 11.6 Å². The molecule has 196 valence electrons. The Morgan fingerprint density at radius 2 is 1.66 bits per heavy atom. The zero-order chi connectivity index (χ0) is 25.4. The van der Waals surface area contributed by atoms with Crippen molar-refractivity contribution in [2.45, 2.75) is 132 Å². The van der Waals surface area contributed by atoms with Crippen molar-refractivity contribution in [1.82, 2.24) is 0 Å². The van der Waals surface area contributed by atoms with Crippen LogP contribution in [0, 0.1) is 50.2 Å². The molecular weight excluding hydrogens is 432 g/mol. The lowest BCUT2D eigenvalue weighted by Gasteiger charge is -2.69. The second kappa shape index (κ2) is 6.97. The van der Waals surface area contributed by atoms with Crippen LogP contribution in [0.25, 0.3) is 0 Å². The third-order valence-electron chi connectivity index (χ3n) is 13.2. The lowest BCUT2D eigenvalue weighted by Crippen LogP contribution is -2.65. The largest absolute Gasteiger partial charge is 0.462 e. The molecule has 0 bridgehead atoms. The van der Waals surface area contributed by atoms with Crippen LogP contribution in [0.5, 0.6) is 0 Å². The minimum absolute atomic E-state index is 0.00194. The minimum Gasteiger partial charge on any atom is -0.462 e. The van der Waals surface area contributed by atoms with Crippen molar-refractivity contribution in [1.29, 1.82) is 0 Å². The van der Waals surface area contributed by atoms with Crippen molar-refractivity contribution in [3.8, 4) is 0 Å². The van der Waals surface area contributed by atoms with Crippen LogP contribution in [0.4, 0.5) is 0 Å². The summed E-state index contributed by atoms with van der Waals surface area (Å²) in [7, 11) is 0. The topological polar surface area (TPSA) is 38.8 Å². The van der Waals surface area contributed by atoms with Crippen molar-refractivity contribution >= 4 is 5.97 Å². The molecule has 5 aliphatic carbocycles. The molecule has 0 spiro atoms. The molecule has 5 fully saturated rings. The Balaban J connectivity index is 1.41. The second-order valence-electron chi connectivity index (χ2n) is 16.2. The highest BCUT2D eigenvalue weighted by Gasteiger charge is 2.77. The fraction of sp³-hybridized carbons (Fsp3) is 0.906. The van der Waals surface area contributed by atoms with Crippen LogP contribution in [0.3, 0.4) is 0 Å². The fourth-order valence-electron chi connectivity index (χ4n) is 11.6. The number of hydrogen-bond acceptors (Lipinski definition) is 3. The monoisotopic (exact) mass is 482 g/mol. The number of fused-ring (bicyclic) bond motifs is 10. The molecule has 1 aliphatic heterocycles. The zero-order valence-electron chi connectivity index (χ0n) is 23.9. The van der Waals surface area contributed by atoms with Crippen LogP contribution >= 0.6 is 0 Å². The molecule has 3 heteroatoms. The van der Waals surface area contributed by atoms with Crippen molar-refractivity contribution in [2.24, 2.45) is 50.2 Å². The van der Waals surface area contributed by atoms with Crippen LogP contribution < -0.4 is 0 Å². The van der Waals surface area contributed by atoms with E-state index in [0.29, 0.717) is 40.8 Å². The molecule has 10 atom stereocenters. The van der Waals surface area contributed by atoms with Gasteiger partial charge in [-0.05, 0) is 84.9 Å². The number of carbonyl (C=O) groups is 1. The second-order valence-corrected chi connectivity index (χ2v) is 16.2. The van der Waals surface area contributed by atoms with E-state index in [0.717, 1.165) is 12.8 Å². The van der Waals surface area contributed by atoms with Gasteiger partial charge in [0.2, 0.25) is 0 Å². The van der Waals surface area contributed by atoms with Gasteiger partial charge in [0.15, 0.2) is 0 Å². The molecule has 0 N–H and O–H groups in total. The predicted octanol–water partition coefficient (Wildman–Crippen LogP) is 7.73. The first-order valence-electron chi connectivity index (χ1n) is 14.6. The Bertz CT molecular complexity index is 977. The van der Waals surface area contributed by atoms with E-state index in [2.05, 4.69) is 61.5 Å². The summed E-state index contributed by atoms with van der Waals surface area (Å²) in [6, 6.07) is 0. The first-order valence-corrected chi connectivity index (χ1v) is 14.6. The standard InChI is InChI=1S/C32H50O3/c1-19(33)34-23-12-15-30(7)20(28(23,4)5)11-14-31(8)21-10-13-29(6)17-16-27(2,3)18-22(29)32(21,9)26-24(35-26)25(30)31/h10,20,22-26H,11-18H2,1-9H3/t20-,22+,23+,24+,25-,26-,29+,30+,31+,32-/m1/s1. The van der Waals surface area contributed by atoms with Crippen molar-refractivity contribution in [2.75, 3.05) is 0 Å². The maximum absolute atomic E-state index is 11.9. The Kier molecular flexibility index (Phi) is 4.88. The SMILES string of the molecule is CC(=O)O[C@H]1CC[C@@]2(C)[C@H](CC[C@@]3(C)C4=CC[C@@]5(C)CCC(C)(C)C[C@@H]5[C@]4(C)[C@@H]4O[C@H]4[C@H]23)C1(C)C. The van der Waals surface area contributed by atoms with Crippen LogP contribution in [-0.2, 0) is 14.3 Å². The molecule has 0 aromatic heterocycles. The van der Waals surface area contributed by atoms with Gasteiger partial charge in [-0.25, -0.2) is 0 Å². The van der Waals surface area contributed by atoms with Gasteiger partial charge in [0, 0.05) is 23.7 Å². The smallest absolute Gasteiger partial charge is 0.302 e. The summed E-state index contributed by atoms with van der Waals surface area (Å²) in [4.78, 5) is 11.9. The van der Waals surface area contributed by atoms with E-state index in [1.54, 1.807) is 12.5 Å². The highest BCUT2D eigenvalue weighted by atomic mass is 16.6. The number of ether oxygens (including phenoxy) is 2. The van der Waals surface area contributed by atoms with Gasteiger partial charge >= 0.3 is 5.97 Å². The molecule has 1 saturated heterocycles. The lowest BCUT2D eigenvalue weighted by molar-refractivity contribution is -0.195. The number of epoxide rings is 1. The normalized spacial score (nSPS) is 55.2. The first-order chi connectivity index (χ1) is 16.1. The highest BCUT2D eigenvalue weighted by molar-refractivity contribution is 5.66. The molecule has 0 amide bonds. The summed E-state index contributed by atoms with van der Waals surface area (Å²) in [5.74, 6) is 1.71. The van der Waals surface area contributed by atoms with Gasteiger partial charge < -0.3 is 9.47 Å². The van der Waals surface area contributed by atoms with Crippen LogP contribution in [0.1, 0.15) is 114 Å². The van der Waals surface area contributed by atoms with Gasteiger partial charge in [-0.2, -0.15) is 0 Å². The summed E-state index contributed by atoms with van der Waals surface area (Å²) in [5, 5.41) is 0. The molecule has 1 heterocycles. The summed E-state index contributed by atoms with van der Waals surface area (Å²) < 4.78 is 12.8. The molecule has 6 rings (SSSR count). The fourth-order valence-corrected chi connectivity index (χ4v) is 11.6. The molecule has 0 radical (unpaired) electrons. The van der Waals surface area contributed by atoms with Crippen LogP contribution in [0.15, 0.2) is 11.6 Å². The number of esters is 1. The summed E-state index contributed by atoms with van der Waals surface area (Å²) >= 11 is 0. The maximum atomic E-state index is 11.9. The van der Waals surface area contributed by atoms with E-state index in [1.165, 1.54) is 38.5 Å². The molecule has 0 aromatic rings. The van der Waals surface area contributed by atoms with Crippen LogP contribution in [0.2, 0.25) is 0 Å². The first kappa shape index (κ1) is 24.5. The van der Waals surface area contributed by atoms with Crippen LogP contribution in [-0.4, -0.2) is 24.3 Å². The Morgan fingerprint density at radius 3 is 2.34 bits per heavy atom. The molecular formula is C32H50O3. The van der Waals surface area contributed by atoms with Crippen molar-refractivity contribution < 1.29 is 14.3 Å². The third-order valence-corrected chi connectivity index (χ3v) is 13.2. The van der Waals surface area contributed by atoms with Crippen molar-refractivity contribution in [3.63, 3.8) is 0 Å². The summed E-state index contributed by atoms with van der Waals surface area (Å²) in [6.45, 7) is 21.7. The number of hydrogen-bond donors (Lipinski definition) is 0. The molecule has 0 unspecified atom stereocenters. The van der Waals surface area contributed by atoms with E-state index in [9.17, 15) is 4.79 Å². The average Bonchev–Trinajstić information content (AvgIpc) is 3.52. The van der Waals surface area contributed by atoms with Gasteiger partial charge in [0.25, 0.3) is 0 Å². The van der Waals surface area contributed by atoms with E-state index in [4.69, 9.17) is 9.47 Å². The highest BCUT2D eigenvalue weighted by Crippen LogP contribution is 2.78. The minimum atomic E-state index is -0.128. The number of rotatable bonds is 1. The Morgan fingerprint density at radius 1 is 0.943 bits per heavy atom. The molecule has 6 aliphatic rings. The van der Waals surface area contributed by atoms with Gasteiger partial charge in [0.05, 0.1) is 12.2 Å². The molecule has 35 heavy (non-hydrogen) atoms. The Labute approximate surface area is 214 Å². The molecule has 4 saturated carbocycles. The third kappa shape index (κ3) is 3.03. The van der Waals surface area contributed by atoms with Gasteiger partial charge in [-0.15, -0.1) is 0 Å².